The quantitative estimate of drug-likeness (QED) is 0.605. The minimum atomic E-state index is -0.140. The predicted octanol–water partition coefficient (Wildman–Crippen LogP) is 4.44. The van der Waals surface area contributed by atoms with E-state index < -0.39 is 0 Å². The summed E-state index contributed by atoms with van der Waals surface area (Å²) in [5.74, 6) is 1.43. The minimum absolute atomic E-state index is 0.0917. The standard InChI is InChI=1S/C20H19NO3/c1-23-20(22)14-7-6-8-15(13-14)21-16-9-2-4-11-18(16)24-19-12-5-3-10-17(19)21/h2-6,8-12,14-15H,7,13H2,1H3/t14-,15+/m0/s1. The topological polar surface area (TPSA) is 38.8 Å². The maximum Gasteiger partial charge on any atom is 0.309 e. The largest absolute Gasteiger partial charge is 0.469 e. The van der Waals surface area contributed by atoms with Crippen LogP contribution in [0.25, 0.3) is 0 Å². The third-order valence-electron chi connectivity index (χ3n) is 4.64. The molecule has 0 aromatic heterocycles. The van der Waals surface area contributed by atoms with Gasteiger partial charge in [0.25, 0.3) is 0 Å². The Hall–Kier alpha value is -2.75. The third kappa shape index (κ3) is 2.44. The first-order valence-electron chi connectivity index (χ1n) is 8.17. The number of nitrogens with zero attached hydrogens (tertiary/aromatic N) is 1. The number of esters is 1. The van der Waals surface area contributed by atoms with Gasteiger partial charge >= 0.3 is 5.97 Å². The monoisotopic (exact) mass is 321 g/mol. The molecule has 2 aromatic rings. The van der Waals surface area contributed by atoms with Gasteiger partial charge in [0.05, 0.1) is 30.4 Å². The fraction of sp³-hybridized carbons (Fsp3) is 0.250. The van der Waals surface area contributed by atoms with E-state index in [0.717, 1.165) is 35.7 Å². The Balaban J connectivity index is 1.76. The fourth-order valence-corrected chi connectivity index (χ4v) is 3.51. The van der Waals surface area contributed by atoms with Crippen molar-refractivity contribution in [3.05, 3.63) is 60.7 Å². The molecular formula is C20H19NO3. The van der Waals surface area contributed by atoms with Crippen LogP contribution in [0.3, 0.4) is 0 Å². The predicted molar refractivity (Wildman–Crippen MR) is 92.8 cm³/mol. The van der Waals surface area contributed by atoms with Crippen molar-refractivity contribution >= 4 is 17.3 Å². The zero-order chi connectivity index (χ0) is 16.5. The molecule has 4 rings (SSSR count). The Bertz CT molecular complexity index is 753. The van der Waals surface area contributed by atoms with E-state index >= 15 is 0 Å². The Morgan fingerprint density at radius 1 is 1.08 bits per heavy atom. The molecule has 4 heteroatoms. The van der Waals surface area contributed by atoms with Crippen LogP contribution in [-0.2, 0) is 9.53 Å². The lowest BCUT2D eigenvalue weighted by atomic mass is 9.89. The Morgan fingerprint density at radius 2 is 1.71 bits per heavy atom. The molecule has 0 spiro atoms. The van der Waals surface area contributed by atoms with Gasteiger partial charge in [0.1, 0.15) is 0 Å². The van der Waals surface area contributed by atoms with Crippen molar-refractivity contribution in [2.75, 3.05) is 12.0 Å². The first-order valence-corrected chi connectivity index (χ1v) is 8.17. The highest BCUT2D eigenvalue weighted by Gasteiger charge is 2.33. The second-order valence-electron chi connectivity index (χ2n) is 6.09. The molecule has 0 bridgehead atoms. The highest BCUT2D eigenvalue weighted by Crippen LogP contribution is 2.48. The van der Waals surface area contributed by atoms with Gasteiger partial charge in [-0.2, -0.15) is 0 Å². The lowest BCUT2D eigenvalue weighted by Crippen LogP contribution is -2.36. The molecule has 2 atom stereocenters. The molecule has 1 heterocycles. The van der Waals surface area contributed by atoms with Crippen molar-refractivity contribution in [3.63, 3.8) is 0 Å². The molecule has 0 saturated carbocycles. The number of carbonyl (C=O) groups is 1. The number of benzene rings is 2. The number of carbonyl (C=O) groups excluding carboxylic acids is 1. The van der Waals surface area contributed by atoms with E-state index in [0.29, 0.717) is 0 Å². The Morgan fingerprint density at radius 3 is 2.33 bits per heavy atom. The Kier molecular flexibility index (Phi) is 3.73. The summed E-state index contributed by atoms with van der Waals surface area (Å²) >= 11 is 0. The van der Waals surface area contributed by atoms with E-state index in [9.17, 15) is 4.79 Å². The number of hydrogen-bond donors (Lipinski definition) is 0. The molecule has 0 saturated heterocycles. The van der Waals surface area contributed by atoms with E-state index in [2.05, 4.69) is 29.2 Å². The summed E-state index contributed by atoms with van der Waals surface area (Å²) in [4.78, 5) is 14.3. The highest BCUT2D eigenvalue weighted by molar-refractivity contribution is 5.79. The molecule has 1 aliphatic carbocycles. The third-order valence-corrected chi connectivity index (χ3v) is 4.64. The van der Waals surface area contributed by atoms with Gasteiger partial charge in [-0.1, -0.05) is 36.4 Å². The summed E-state index contributed by atoms with van der Waals surface area (Å²) in [7, 11) is 1.45. The molecule has 24 heavy (non-hydrogen) atoms. The number of anilines is 2. The number of hydrogen-bond acceptors (Lipinski definition) is 4. The zero-order valence-electron chi connectivity index (χ0n) is 13.5. The van der Waals surface area contributed by atoms with Crippen LogP contribution in [0.15, 0.2) is 60.7 Å². The fourth-order valence-electron chi connectivity index (χ4n) is 3.51. The highest BCUT2D eigenvalue weighted by atomic mass is 16.5. The number of methoxy groups -OCH3 is 1. The molecule has 2 aromatic carbocycles. The van der Waals surface area contributed by atoms with Gasteiger partial charge < -0.3 is 14.4 Å². The molecule has 122 valence electrons. The van der Waals surface area contributed by atoms with Crippen molar-refractivity contribution in [2.45, 2.75) is 18.9 Å². The van der Waals surface area contributed by atoms with E-state index in [4.69, 9.17) is 9.47 Å². The van der Waals surface area contributed by atoms with Crippen molar-refractivity contribution in [3.8, 4) is 11.5 Å². The smallest absolute Gasteiger partial charge is 0.309 e. The second kappa shape index (κ2) is 6.04. The van der Waals surface area contributed by atoms with Crippen LogP contribution in [0.2, 0.25) is 0 Å². The molecule has 0 radical (unpaired) electrons. The Labute approximate surface area is 141 Å². The van der Waals surface area contributed by atoms with E-state index in [1.807, 2.05) is 36.4 Å². The number of fused-ring (bicyclic) bond motifs is 2. The molecule has 0 unspecified atom stereocenters. The van der Waals surface area contributed by atoms with Crippen LogP contribution in [-0.4, -0.2) is 19.1 Å². The lowest BCUT2D eigenvalue weighted by molar-refractivity contribution is -0.145. The van der Waals surface area contributed by atoms with Crippen LogP contribution in [0.5, 0.6) is 11.5 Å². The van der Waals surface area contributed by atoms with E-state index in [1.54, 1.807) is 0 Å². The van der Waals surface area contributed by atoms with Crippen molar-refractivity contribution in [1.29, 1.82) is 0 Å². The number of ether oxygens (including phenoxy) is 2. The van der Waals surface area contributed by atoms with Gasteiger partial charge in [0.15, 0.2) is 11.5 Å². The molecule has 0 amide bonds. The molecule has 4 nitrogen and oxygen atoms in total. The molecule has 0 fully saturated rings. The number of para-hydroxylation sites is 4. The van der Waals surface area contributed by atoms with Gasteiger partial charge in [-0.25, -0.2) is 0 Å². The van der Waals surface area contributed by atoms with Crippen molar-refractivity contribution < 1.29 is 14.3 Å². The lowest BCUT2D eigenvalue weighted by Gasteiger charge is -2.39. The van der Waals surface area contributed by atoms with Gasteiger partial charge in [-0.05, 0) is 37.1 Å². The number of rotatable bonds is 2. The average molecular weight is 321 g/mol. The summed E-state index contributed by atoms with van der Waals surface area (Å²) in [6.07, 6.45) is 5.72. The second-order valence-corrected chi connectivity index (χ2v) is 6.09. The number of allylic oxidation sites excluding steroid dienone is 1. The summed E-state index contributed by atoms with van der Waals surface area (Å²) in [6, 6.07) is 16.1. The first-order chi connectivity index (χ1) is 11.8. The van der Waals surface area contributed by atoms with Gasteiger partial charge in [0.2, 0.25) is 0 Å². The molecule has 0 N–H and O–H groups in total. The van der Waals surface area contributed by atoms with Crippen LogP contribution in [0.1, 0.15) is 12.8 Å². The van der Waals surface area contributed by atoms with Crippen molar-refractivity contribution in [1.82, 2.24) is 0 Å². The minimum Gasteiger partial charge on any atom is -0.469 e. The van der Waals surface area contributed by atoms with Gasteiger partial charge in [-0.15, -0.1) is 0 Å². The van der Waals surface area contributed by atoms with Crippen LogP contribution in [0, 0.1) is 5.92 Å². The zero-order valence-corrected chi connectivity index (χ0v) is 13.5. The first kappa shape index (κ1) is 14.8. The average Bonchev–Trinajstić information content (AvgIpc) is 2.65. The van der Waals surface area contributed by atoms with Crippen LogP contribution in [0.4, 0.5) is 11.4 Å². The maximum absolute atomic E-state index is 12.0. The van der Waals surface area contributed by atoms with E-state index in [-0.39, 0.29) is 17.9 Å². The SMILES string of the molecule is COC(=O)[C@H]1CC=C[C@@H](N2c3ccccc3Oc3ccccc32)C1. The van der Waals surface area contributed by atoms with E-state index in [1.165, 1.54) is 7.11 Å². The maximum atomic E-state index is 12.0. The van der Waals surface area contributed by atoms with Crippen molar-refractivity contribution in [2.24, 2.45) is 5.92 Å². The van der Waals surface area contributed by atoms with Gasteiger partial charge in [0, 0.05) is 0 Å². The molecule has 1 aliphatic heterocycles. The van der Waals surface area contributed by atoms with Crippen LogP contribution < -0.4 is 9.64 Å². The summed E-state index contributed by atoms with van der Waals surface area (Å²) < 4.78 is 11.0. The van der Waals surface area contributed by atoms with Gasteiger partial charge in [-0.3, -0.25) is 4.79 Å². The normalized spacial score (nSPS) is 21.5. The summed E-state index contributed by atoms with van der Waals surface area (Å²) in [5, 5.41) is 0. The molecular weight excluding hydrogens is 302 g/mol. The summed E-state index contributed by atoms with van der Waals surface area (Å²) in [6.45, 7) is 0. The van der Waals surface area contributed by atoms with Crippen LogP contribution >= 0.6 is 0 Å². The molecule has 2 aliphatic rings. The summed E-state index contributed by atoms with van der Waals surface area (Å²) in [5.41, 5.74) is 2.05.